The van der Waals surface area contributed by atoms with Crippen LogP contribution in [0.3, 0.4) is 0 Å². The fraction of sp³-hybridized carbons (Fsp3) is 0.250. The highest BCUT2D eigenvalue weighted by atomic mass is 35.5. The van der Waals surface area contributed by atoms with Gasteiger partial charge < -0.3 is 10.7 Å². The highest BCUT2D eigenvalue weighted by Crippen LogP contribution is 2.16. The molecule has 0 aliphatic heterocycles. The van der Waals surface area contributed by atoms with Crippen molar-refractivity contribution in [3.05, 3.63) is 52.6 Å². The van der Waals surface area contributed by atoms with Crippen LogP contribution in [0.4, 0.5) is 0 Å². The Kier molecular flexibility index (Phi) is 3.59. The van der Waals surface area contributed by atoms with E-state index in [1.165, 1.54) is 0 Å². The molecule has 0 bridgehead atoms. The van der Waals surface area contributed by atoms with Crippen LogP contribution in [0.1, 0.15) is 17.1 Å². The number of benzene rings is 1. The maximum atomic E-state index is 6.08. The number of H-pyrrole nitrogens is 1. The molecule has 3 nitrogen and oxygen atoms in total. The standard InChI is InChI=1S/C12H14ClN3/c13-11-4-2-1-3-9(11)5-6-10-8-15-12(7-14)16-10/h1-4,8H,5-7,14H2,(H,15,16). The summed E-state index contributed by atoms with van der Waals surface area (Å²) in [6.07, 6.45) is 3.64. The second-order valence-electron chi connectivity index (χ2n) is 3.65. The average molecular weight is 236 g/mol. The van der Waals surface area contributed by atoms with Gasteiger partial charge >= 0.3 is 0 Å². The largest absolute Gasteiger partial charge is 0.345 e. The Hall–Kier alpha value is -1.32. The predicted octanol–water partition coefficient (Wildman–Crippen LogP) is 2.31. The molecular weight excluding hydrogens is 222 g/mol. The smallest absolute Gasteiger partial charge is 0.120 e. The number of nitrogens with one attached hydrogen (secondary N) is 1. The summed E-state index contributed by atoms with van der Waals surface area (Å²) >= 11 is 6.08. The Morgan fingerprint density at radius 1 is 1.25 bits per heavy atom. The van der Waals surface area contributed by atoms with E-state index in [0.29, 0.717) is 6.54 Å². The van der Waals surface area contributed by atoms with Crippen molar-refractivity contribution in [2.24, 2.45) is 5.73 Å². The molecule has 2 rings (SSSR count). The molecule has 1 aromatic carbocycles. The van der Waals surface area contributed by atoms with Crippen molar-refractivity contribution in [3.8, 4) is 0 Å². The lowest BCUT2D eigenvalue weighted by Gasteiger charge is -2.02. The first-order chi connectivity index (χ1) is 7.79. The molecule has 0 spiro atoms. The number of aromatic nitrogens is 2. The van der Waals surface area contributed by atoms with Crippen LogP contribution in [0.15, 0.2) is 30.5 Å². The third-order valence-electron chi connectivity index (χ3n) is 2.50. The molecule has 0 saturated carbocycles. The molecule has 0 fully saturated rings. The quantitative estimate of drug-likeness (QED) is 0.855. The van der Waals surface area contributed by atoms with Gasteiger partial charge in [0.25, 0.3) is 0 Å². The van der Waals surface area contributed by atoms with E-state index >= 15 is 0 Å². The van der Waals surface area contributed by atoms with Gasteiger partial charge in [-0.3, -0.25) is 0 Å². The number of aryl methyl sites for hydroxylation is 2. The fourth-order valence-electron chi connectivity index (χ4n) is 1.61. The number of hydrogen-bond donors (Lipinski definition) is 2. The zero-order valence-corrected chi connectivity index (χ0v) is 9.67. The van der Waals surface area contributed by atoms with Gasteiger partial charge in [0.1, 0.15) is 5.82 Å². The van der Waals surface area contributed by atoms with Gasteiger partial charge in [-0.2, -0.15) is 0 Å². The number of nitrogens with two attached hydrogens (primary N) is 1. The lowest BCUT2D eigenvalue weighted by Crippen LogP contribution is -1.98. The van der Waals surface area contributed by atoms with Crippen LogP contribution in [0.5, 0.6) is 0 Å². The Bertz CT molecular complexity index is 465. The topological polar surface area (TPSA) is 54.7 Å². The monoisotopic (exact) mass is 235 g/mol. The molecule has 3 N–H and O–H groups in total. The first-order valence-electron chi connectivity index (χ1n) is 5.26. The zero-order valence-electron chi connectivity index (χ0n) is 8.91. The van der Waals surface area contributed by atoms with Gasteiger partial charge in [-0.15, -0.1) is 0 Å². The van der Waals surface area contributed by atoms with Crippen LogP contribution >= 0.6 is 11.6 Å². The van der Waals surface area contributed by atoms with E-state index in [1.54, 1.807) is 0 Å². The minimum Gasteiger partial charge on any atom is -0.345 e. The van der Waals surface area contributed by atoms with Crippen LogP contribution in [0.25, 0.3) is 0 Å². The first-order valence-corrected chi connectivity index (χ1v) is 5.63. The molecule has 0 saturated heterocycles. The number of halogens is 1. The molecule has 0 unspecified atom stereocenters. The van der Waals surface area contributed by atoms with Gasteiger partial charge in [0.15, 0.2) is 0 Å². The molecule has 4 heteroatoms. The maximum absolute atomic E-state index is 6.08. The van der Waals surface area contributed by atoms with Crippen LogP contribution in [0.2, 0.25) is 5.02 Å². The van der Waals surface area contributed by atoms with Crippen molar-refractivity contribution in [2.45, 2.75) is 19.4 Å². The minimum absolute atomic E-state index is 0.450. The van der Waals surface area contributed by atoms with Crippen LogP contribution in [0, 0.1) is 0 Å². The number of hydrogen-bond acceptors (Lipinski definition) is 2. The van der Waals surface area contributed by atoms with Crippen molar-refractivity contribution in [2.75, 3.05) is 0 Å². The molecule has 2 aromatic rings. The Labute approximate surface area is 99.7 Å². The van der Waals surface area contributed by atoms with Crippen molar-refractivity contribution < 1.29 is 0 Å². The second-order valence-corrected chi connectivity index (χ2v) is 4.06. The summed E-state index contributed by atoms with van der Waals surface area (Å²) in [5, 5.41) is 0.820. The molecule has 0 aliphatic rings. The van der Waals surface area contributed by atoms with E-state index in [-0.39, 0.29) is 0 Å². The number of nitrogens with zero attached hydrogens (tertiary/aromatic N) is 1. The Morgan fingerprint density at radius 3 is 2.75 bits per heavy atom. The summed E-state index contributed by atoms with van der Waals surface area (Å²) in [6, 6.07) is 7.89. The van der Waals surface area contributed by atoms with E-state index in [4.69, 9.17) is 17.3 Å². The van der Waals surface area contributed by atoms with Crippen molar-refractivity contribution >= 4 is 11.6 Å². The number of rotatable bonds is 4. The first kappa shape index (κ1) is 11.2. The van der Waals surface area contributed by atoms with Crippen molar-refractivity contribution in [1.29, 1.82) is 0 Å². The summed E-state index contributed by atoms with van der Waals surface area (Å²) < 4.78 is 0. The van der Waals surface area contributed by atoms with Crippen LogP contribution < -0.4 is 5.73 Å². The summed E-state index contributed by atoms with van der Waals surface area (Å²) in [6.45, 7) is 0.450. The summed E-state index contributed by atoms with van der Waals surface area (Å²) in [5.74, 6) is 0.828. The van der Waals surface area contributed by atoms with Gasteiger partial charge in [-0.1, -0.05) is 29.8 Å². The molecule has 1 aromatic heterocycles. The van der Waals surface area contributed by atoms with E-state index in [1.807, 2.05) is 30.5 Å². The SMILES string of the molecule is NCc1ncc(CCc2ccccc2Cl)[nH]1. The lowest BCUT2D eigenvalue weighted by atomic mass is 10.1. The van der Waals surface area contributed by atoms with Crippen LogP contribution in [-0.4, -0.2) is 9.97 Å². The number of aromatic amines is 1. The molecular formula is C12H14ClN3. The van der Waals surface area contributed by atoms with Crippen LogP contribution in [-0.2, 0) is 19.4 Å². The van der Waals surface area contributed by atoms with Gasteiger partial charge in [0.05, 0.1) is 6.54 Å². The highest BCUT2D eigenvalue weighted by Gasteiger charge is 2.02. The number of imidazole rings is 1. The second kappa shape index (κ2) is 5.14. The van der Waals surface area contributed by atoms with Crippen molar-refractivity contribution in [3.63, 3.8) is 0 Å². The summed E-state index contributed by atoms with van der Waals surface area (Å²) in [7, 11) is 0. The van der Waals surface area contributed by atoms with Gasteiger partial charge in [0, 0.05) is 16.9 Å². The predicted molar refractivity (Wildman–Crippen MR) is 65.3 cm³/mol. The average Bonchev–Trinajstić information content (AvgIpc) is 2.76. The third-order valence-corrected chi connectivity index (χ3v) is 2.86. The summed E-state index contributed by atoms with van der Waals surface area (Å²) in [4.78, 5) is 7.33. The van der Waals surface area contributed by atoms with Gasteiger partial charge in [0.2, 0.25) is 0 Å². The zero-order chi connectivity index (χ0) is 11.4. The Balaban J connectivity index is 1.99. The lowest BCUT2D eigenvalue weighted by molar-refractivity contribution is 0.895. The van der Waals surface area contributed by atoms with Gasteiger partial charge in [-0.05, 0) is 24.5 Å². The molecule has 0 amide bonds. The van der Waals surface area contributed by atoms with E-state index in [0.717, 1.165) is 34.9 Å². The van der Waals surface area contributed by atoms with E-state index in [9.17, 15) is 0 Å². The fourth-order valence-corrected chi connectivity index (χ4v) is 1.84. The van der Waals surface area contributed by atoms with E-state index in [2.05, 4.69) is 9.97 Å². The summed E-state index contributed by atoms with van der Waals surface area (Å²) in [5.41, 5.74) is 7.74. The van der Waals surface area contributed by atoms with Crippen molar-refractivity contribution in [1.82, 2.24) is 9.97 Å². The molecule has 0 radical (unpaired) electrons. The molecule has 16 heavy (non-hydrogen) atoms. The maximum Gasteiger partial charge on any atom is 0.120 e. The molecule has 0 atom stereocenters. The highest BCUT2D eigenvalue weighted by molar-refractivity contribution is 6.31. The molecule has 0 aliphatic carbocycles. The minimum atomic E-state index is 0.450. The van der Waals surface area contributed by atoms with Gasteiger partial charge in [-0.25, -0.2) is 4.98 Å². The van der Waals surface area contributed by atoms with E-state index < -0.39 is 0 Å². The normalized spacial score (nSPS) is 10.6. The third kappa shape index (κ3) is 2.62. The molecule has 1 heterocycles. The molecule has 84 valence electrons. The Morgan fingerprint density at radius 2 is 2.06 bits per heavy atom.